The van der Waals surface area contributed by atoms with Crippen molar-refractivity contribution in [1.29, 1.82) is 0 Å². The summed E-state index contributed by atoms with van der Waals surface area (Å²) in [5.74, 6) is -3.91. The predicted octanol–water partition coefficient (Wildman–Crippen LogP) is -0.243. The van der Waals surface area contributed by atoms with Crippen LogP contribution in [0.15, 0.2) is 0 Å². The lowest BCUT2D eigenvalue weighted by atomic mass is 10.2. The molecule has 0 aliphatic heterocycles. The van der Waals surface area contributed by atoms with Crippen molar-refractivity contribution in [2.75, 3.05) is 6.54 Å². The summed E-state index contributed by atoms with van der Waals surface area (Å²) in [6.07, 6.45) is 0. The summed E-state index contributed by atoms with van der Waals surface area (Å²) in [4.78, 5) is 19.5. The number of aliphatic carboxylic acids is 2. The van der Waals surface area contributed by atoms with Gasteiger partial charge in [-0.15, -0.1) is 0 Å². The molecule has 0 aromatic carbocycles. The van der Waals surface area contributed by atoms with E-state index in [2.05, 4.69) is 0 Å². The highest BCUT2D eigenvalue weighted by Gasteiger charge is 2.18. The Hall–Kier alpha value is -1.10. The molecule has 0 aliphatic rings. The van der Waals surface area contributed by atoms with Crippen molar-refractivity contribution >= 4 is 11.9 Å². The standard InChI is InChI=1S/C4H6O4.C2H7N/c1-2(3(5)6)4(7)8;1-2-3/h2H,1H3,(H,5,6)(H,7,8);2-3H2,1H3. The molecule has 0 aromatic rings. The fraction of sp³-hybridized carbons (Fsp3) is 0.667. The normalized spacial score (nSPS) is 8.36. The summed E-state index contributed by atoms with van der Waals surface area (Å²) < 4.78 is 0. The molecule has 0 radical (unpaired) electrons. The van der Waals surface area contributed by atoms with E-state index in [-0.39, 0.29) is 0 Å². The minimum Gasteiger partial charge on any atom is -0.481 e. The van der Waals surface area contributed by atoms with Crippen LogP contribution in [-0.2, 0) is 9.59 Å². The molecule has 0 unspecified atom stereocenters. The second kappa shape index (κ2) is 7.01. The molecule has 0 heterocycles. The van der Waals surface area contributed by atoms with Crippen LogP contribution in [0, 0.1) is 5.92 Å². The zero-order chi connectivity index (χ0) is 9.44. The van der Waals surface area contributed by atoms with Gasteiger partial charge in [-0.3, -0.25) is 9.59 Å². The van der Waals surface area contributed by atoms with Gasteiger partial charge in [0.1, 0.15) is 0 Å². The fourth-order valence-corrected chi connectivity index (χ4v) is 0.106. The number of nitrogens with two attached hydrogens (primary N) is 1. The number of carboxylic acids is 2. The van der Waals surface area contributed by atoms with Crippen molar-refractivity contribution in [3.63, 3.8) is 0 Å². The van der Waals surface area contributed by atoms with E-state index >= 15 is 0 Å². The Morgan fingerprint density at radius 1 is 1.36 bits per heavy atom. The second-order valence-corrected chi connectivity index (χ2v) is 1.81. The summed E-state index contributed by atoms with van der Waals surface area (Å²) in [6, 6.07) is 0. The van der Waals surface area contributed by atoms with Gasteiger partial charge in [-0.2, -0.15) is 0 Å². The minimum absolute atomic E-state index is 0.750. The van der Waals surface area contributed by atoms with E-state index < -0.39 is 17.9 Å². The highest BCUT2D eigenvalue weighted by Crippen LogP contribution is 1.91. The number of carbonyl (C=O) groups is 2. The van der Waals surface area contributed by atoms with Crippen molar-refractivity contribution in [3.05, 3.63) is 0 Å². The molecule has 0 atom stereocenters. The molecule has 5 nitrogen and oxygen atoms in total. The van der Waals surface area contributed by atoms with E-state index in [0.717, 1.165) is 13.5 Å². The maximum atomic E-state index is 9.76. The van der Waals surface area contributed by atoms with Crippen LogP contribution in [0.1, 0.15) is 13.8 Å². The molecule has 11 heavy (non-hydrogen) atoms. The van der Waals surface area contributed by atoms with Crippen LogP contribution in [-0.4, -0.2) is 28.7 Å². The van der Waals surface area contributed by atoms with Crippen LogP contribution < -0.4 is 5.73 Å². The maximum Gasteiger partial charge on any atom is 0.317 e. The van der Waals surface area contributed by atoms with Crippen LogP contribution in [0.3, 0.4) is 0 Å². The number of hydrogen-bond donors (Lipinski definition) is 3. The molecule has 0 saturated carbocycles. The summed E-state index contributed by atoms with van der Waals surface area (Å²) in [6.45, 7) is 3.77. The number of hydrogen-bond acceptors (Lipinski definition) is 3. The van der Waals surface area contributed by atoms with Crippen molar-refractivity contribution in [3.8, 4) is 0 Å². The summed E-state index contributed by atoms with van der Waals surface area (Å²) >= 11 is 0. The van der Waals surface area contributed by atoms with Crippen LogP contribution in [0.4, 0.5) is 0 Å². The molecule has 0 aromatic heterocycles. The van der Waals surface area contributed by atoms with Crippen LogP contribution in [0.2, 0.25) is 0 Å². The monoisotopic (exact) mass is 163 g/mol. The third-order valence-electron chi connectivity index (χ3n) is 0.741. The topological polar surface area (TPSA) is 101 Å². The van der Waals surface area contributed by atoms with Gasteiger partial charge in [0.05, 0.1) is 0 Å². The Bertz CT molecular complexity index is 121. The maximum absolute atomic E-state index is 9.76. The second-order valence-electron chi connectivity index (χ2n) is 1.81. The number of carboxylic acid groups (broad SMARTS) is 2. The van der Waals surface area contributed by atoms with Gasteiger partial charge < -0.3 is 15.9 Å². The Labute approximate surface area is 64.8 Å². The predicted molar refractivity (Wildman–Crippen MR) is 39.2 cm³/mol. The summed E-state index contributed by atoms with van der Waals surface area (Å²) in [5.41, 5.74) is 4.85. The van der Waals surface area contributed by atoms with Crippen LogP contribution in [0.5, 0.6) is 0 Å². The molecule has 66 valence electrons. The molecule has 0 aliphatic carbocycles. The summed E-state index contributed by atoms with van der Waals surface area (Å²) in [5, 5.41) is 15.9. The molecule has 0 saturated heterocycles. The molecule has 0 rings (SSSR count). The molecule has 5 heteroatoms. The van der Waals surface area contributed by atoms with Gasteiger partial charge in [0, 0.05) is 0 Å². The Morgan fingerprint density at radius 3 is 1.55 bits per heavy atom. The highest BCUT2D eigenvalue weighted by molar-refractivity contribution is 5.92. The van der Waals surface area contributed by atoms with Gasteiger partial charge in [-0.25, -0.2) is 0 Å². The van der Waals surface area contributed by atoms with Gasteiger partial charge in [0.25, 0.3) is 0 Å². The Kier molecular flexibility index (Phi) is 8.01. The van der Waals surface area contributed by atoms with Gasteiger partial charge in [0.2, 0.25) is 0 Å². The molecular weight excluding hydrogens is 150 g/mol. The van der Waals surface area contributed by atoms with E-state index in [4.69, 9.17) is 15.9 Å². The largest absolute Gasteiger partial charge is 0.481 e. The fourth-order valence-electron chi connectivity index (χ4n) is 0.106. The van der Waals surface area contributed by atoms with Crippen molar-refractivity contribution in [2.45, 2.75) is 13.8 Å². The van der Waals surface area contributed by atoms with Crippen LogP contribution in [0.25, 0.3) is 0 Å². The quantitative estimate of drug-likeness (QED) is 0.487. The molecular formula is C6H13NO4. The third kappa shape index (κ3) is 8.90. The van der Waals surface area contributed by atoms with E-state index in [0.29, 0.717) is 0 Å². The Morgan fingerprint density at radius 2 is 1.55 bits per heavy atom. The Balaban J connectivity index is 0. The average molecular weight is 163 g/mol. The SMILES string of the molecule is CC(C(=O)O)C(=O)O.CCN. The highest BCUT2D eigenvalue weighted by atomic mass is 16.4. The van der Waals surface area contributed by atoms with Crippen molar-refractivity contribution < 1.29 is 19.8 Å². The lowest BCUT2D eigenvalue weighted by molar-refractivity contribution is -0.153. The van der Waals surface area contributed by atoms with Crippen molar-refractivity contribution in [2.24, 2.45) is 11.7 Å². The molecule has 0 spiro atoms. The van der Waals surface area contributed by atoms with E-state index in [1.54, 1.807) is 0 Å². The van der Waals surface area contributed by atoms with Crippen LogP contribution >= 0.6 is 0 Å². The van der Waals surface area contributed by atoms with E-state index in [9.17, 15) is 9.59 Å². The average Bonchev–Trinajstić information content (AvgIpc) is 1.87. The van der Waals surface area contributed by atoms with Crippen molar-refractivity contribution in [1.82, 2.24) is 0 Å². The first-order chi connectivity index (χ1) is 4.97. The lowest BCUT2D eigenvalue weighted by Gasteiger charge is -1.94. The lowest BCUT2D eigenvalue weighted by Crippen LogP contribution is -2.19. The first kappa shape index (κ1) is 12.6. The molecule has 4 N–H and O–H groups in total. The third-order valence-corrected chi connectivity index (χ3v) is 0.741. The van der Waals surface area contributed by atoms with E-state index in [1.807, 2.05) is 6.92 Å². The number of rotatable bonds is 2. The minimum atomic E-state index is -1.31. The molecule has 0 bridgehead atoms. The van der Waals surface area contributed by atoms with E-state index in [1.165, 1.54) is 0 Å². The van der Waals surface area contributed by atoms with Gasteiger partial charge in [-0.05, 0) is 13.5 Å². The van der Waals surface area contributed by atoms with Gasteiger partial charge in [-0.1, -0.05) is 6.92 Å². The smallest absolute Gasteiger partial charge is 0.317 e. The zero-order valence-corrected chi connectivity index (χ0v) is 6.57. The first-order valence-electron chi connectivity index (χ1n) is 3.13. The summed E-state index contributed by atoms with van der Waals surface area (Å²) in [7, 11) is 0. The first-order valence-corrected chi connectivity index (χ1v) is 3.13. The molecule has 0 fully saturated rings. The zero-order valence-electron chi connectivity index (χ0n) is 6.57. The molecule has 0 amide bonds. The van der Waals surface area contributed by atoms with Gasteiger partial charge in [0.15, 0.2) is 5.92 Å². The van der Waals surface area contributed by atoms with Gasteiger partial charge >= 0.3 is 11.9 Å².